The van der Waals surface area contributed by atoms with Crippen molar-refractivity contribution in [2.75, 3.05) is 14.2 Å². The molecule has 0 fully saturated rings. The third-order valence-electron chi connectivity index (χ3n) is 3.19. The minimum atomic E-state index is -0.470. The molecule has 1 N–H and O–H groups in total. The van der Waals surface area contributed by atoms with Gasteiger partial charge in [-0.25, -0.2) is 4.79 Å². The third kappa shape index (κ3) is 1.75. The summed E-state index contributed by atoms with van der Waals surface area (Å²) >= 11 is 0. The number of phenolic OH excluding ortho intramolecular Hbond substituents is 1. The highest BCUT2D eigenvalue weighted by molar-refractivity contribution is 6.08. The molecule has 0 unspecified atom stereocenters. The molecule has 3 rings (SSSR count). The van der Waals surface area contributed by atoms with Crippen molar-refractivity contribution < 1.29 is 19.0 Å². The Morgan fingerprint density at radius 3 is 2.55 bits per heavy atom. The molecular weight excluding hydrogens is 260 g/mol. The van der Waals surface area contributed by atoms with Crippen molar-refractivity contribution in [1.82, 2.24) is 0 Å². The molecule has 0 saturated heterocycles. The summed E-state index contributed by atoms with van der Waals surface area (Å²) in [5.41, 5.74) is -0.199. The van der Waals surface area contributed by atoms with Crippen LogP contribution in [0.4, 0.5) is 0 Å². The normalized spacial score (nSPS) is 10.9. The standard InChI is InChI=1S/C15H12O5/c1-18-9-3-4-10-11(7-9)14-12(19-2)5-8(16)6-13(14)20-15(10)17/h3-7,16H,1-2H3. The number of rotatable bonds is 2. The van der Waals surface area contributed by atoms with Crippen LogP contribution in [0, 0.1) is 0 Å². The van der Waals surface area contributed by atoms with Gasteiger partial charge in [-0.2, -0.15) is 0 Å². The van der Waals surface area contributed by atoms with E-state index in [1.165, 1.54) is 19.2 Å². The van der Waals surface area contributed by atoms with Crippen molar-refractivity contribution in [3.05, 3.63) is 40.8 Å². The molecule has 0 radical (unpaired) electrons. The van der Waals surface area contributed by atoms with Crippen molar-refractivity contribution in [2.45, 2.75) is 0 Å². The summed E-state index contributed by atoms with van der Waals surface area (Å²) in [6.07, 6.45) is 0. The number of benzene rings is 2. The second-order valence-electron chi connectivity index (χ2n) is 4.32. The van der Waals surface area contributed by atoms with Gasteiger partial charge in [-0.15, -0.1) is 0 Å². The lowest BCUT2D eigenvalue weighted by Gasteiger charge is -2.09. The zero-order valence-corrected chi connectivity index (χ0v) is 11.0. The van der Waals surface area contributed by atoms with E-state index in [9.17, 15) is 9.90 Å². The van der Waals surface area contributed by atoms with Crippen molar-refractivity contribution in [3.63, 3.8) is 0 Å². The summed E-state index contributed by atoms with van der Waals surface area (Å²) in [4.78, 5) is 12.0. The first kappa shape index (κ1) is 12.3. The fraction of sp³-hybridized carbons (Fsp3) is 0.133. The lowest BCUT2D eigenvalue weighted by atomic mass is 10.1. The van der Waals surface area contributed by atoms with Crippen LogP contribution < -0.4 is 15.1 Å². The highest BCUT2D eigenvalue weighted by Gasteiger charge is 2.14. The number of hydrogen-bond acceptors (Lipinski definition) is 5. The van der Waals surface area contributed by atoms with E-state index in [1.54, 1.807) is 25.3 Å². The van der Waals surface area contributed by atoms with E-state index >= 15 is 0 Å². The predicted molar refractivity (Wildman–Crippen MR) is 74.8 cm³/mol. The first-order valence-electron chi connectivity index (χ1n) is 5.95. The molecule has 102 valence electrons. The van der Waals surface area contributed by atoms with Crippen LogP contribution in [-0.4, -0.2) is 19.3 Å². The van der Waals surface area contributed by atoms with Gasteiger partial charge in [-0.1, -0.05) is 0 Å². The average Bonchev–Trinajstić information content (AvgIpc) is 2.45. The van der Waals surface area contributed by atoms with Gasteiger partial charge in [-0.3, -0.25) is 0 Å². The first-order valence-corrected chi connectivity index (χ1v) is 5.95. The van der Waals surface area contributed by atoms with Gasteiger partial charge in [0.15, 0.2) is 0 Å². The topological polar surface area (TPSA) is 68.9 Å². The average molecular weight is 272 g/mol. The SMILES string of the molecule is COc1ccc2c(=O)oc3cc(O)cc(OC)c3c2c1. The van der Waals surface area contributed by atoms with Gasteiger partial charge in [0.2, 0.25) is 0 Å². The monoisotopic (exact) mass is 272 g/mol. The van der Waals surface area contributed by atoms with Crippen LogP contribution in [0.5, 0.6) is 17.2 Å². The number of aromatic hydroxyl groups is 1. The molecule has 0 bridgehead atoms. The Morgan fingerprint density at radius 2 is 1.85 bits per heavy atom. The van der Waals surface area contributed by atoms with E-state index in [0.717, 1.165) is 0 Å². The van der Waals surface area contributed by atoms with Crippen LogP contribution in [0.15, 0.2) is 39.5 Å². The van der Waals surface area contributed by atoms with E-state index in [1.807, 2.05) is 0 Å². The second-order valence-corrected chi connectivity index (χ2v) is 4.32. The molecule has 0 aliphatic carbocycles. The fourth-order valence-corrected chi connectivity index (χ4v) is 2.27. The predicted octanol–water partition coefficient (Wildman–Crippen LogP) is 2.67. The minimum absolute atomic E-state index is 0.0280. The number of hydrogen-bond donors (Lipinski definition) is 1. The second kappa shape index (κ2) is 4.45. The van der Waals surface area contributed by atoms with Gasteiger partial charge in [-0.05, 0) is 18.2 Å². The van der Waals surface area contributed by atoms with Crippen LogP contribution in [0.1, 0.15) is 0 Å². The van der Waals surface area contributed by atoms with Gasteiger partial charge in [0.25, 0.3) is 0 Å². The molecule has 2 aromatic carbocycles. The van der Waals surface area contributed by atoms with E-state index in [0.29, 0.717) is 27.7 Å². The fourth-order valence-electron chi connectivity index (χ4n) is 2.27. The van der Waals surface area contributed by atoms with Crippen LogP contribution in [0.25, 0.3) is 21.7 Å². The third-order valence-corrected chi connectivity index (χ3v) is 3.19. The Labute approximate surface area is 114 Å². The van der Waals surface area contributed by atoms with E-state index in [2.05, 4.69) is 0 Å². The summed E-state index contributed by atoms with van der Waals surface area (Å²) < 4.78 is 15.7. The maximum atomic E-state index is 12.0. The number of methoxy groups -OCH3 is 2. The maximum Gasteiger partial charge on any atom is 0.344 e. The summed E-state index contributed by atoms with van der Waals surface area (Å²) in [5.74, 6) is 1.03. The molecule has 0 aliphatic rings. The molecule has 0 spiro atoms. The molecule has 3 aromatic rings. The maximum absolute atomic E-state index is 12.0. The van der Waals surface area contributed by atoms with Crippen molar-refractivity contribution in [3.8, 4) is 17.2 Å². The lowest BCUT2D eigenvalue weighted by Crippen LogP contribution is -2.01. The van der Waals surface area contributed by atoms with Gasteiger partial charge in [0.1, 0.15) is 22.8 Å². The summed E-state index contributed by atoms with van der Waals surface area (Å²) in [6.45, 7) is 0. The van der Waals surface area contributed by atoms with Crippen molar-refractivity contribution >= 4 is 21.7 Å². The molecule has 0 saturated carbocycles. The molecule has 5 heteroatoms. The molecule has 0 atom stereocenters. The highest BCUT2D eigenvalue weighted by Crippen LogP contribution is 2.35. The molecule has 1 aromatic heterocycles. The van der Waals surface area contributed by atoms with E-state index in [4.69, 9.17) is 13.9 Å². The number of ether oxygens (including phenoxy) is 2. The smallest absolute Gasteiger partial charge is 0.344 e. The van der Waals surface area contributed by atoms with Gasteiger partial charge in [0.05, 0.1) is 25.0 Å². The number of phenols is 1. The number of fused-ring (bicyclic) bond motifs is 3. The van der Waals surface area contributed by atoms with E-state index in [-0.39, 0.29) is 11.3 Å². The summed E-state index contributed by atoms with van der Waals surface area (Å²) in [6, 6.07) is 7.94. The van der Waals surface area contributed by atoms with Crippen LogP contribution in [0.3, 0.4) is 0 Å². The molecule has 0 aliphatic heterocycles. The summed E-state index contributed by atoms with van der Waals surface area (Å²) in [7, 11) is 3.04. The van der Waals surface area contributed by atoms with Crippen LogP contribution >= 0.6 is 0 Å². The van der Waals surface area contributed by atoms with Crippen molar-refractivity contribution in [2.24, 2.45) is 0 Å². The molecule has 5 nitrogen and oxygen atoms in total. The highest BCUT2D eigenvalue weighted by atomic mass is 16.5. The molecular formula is C15H12O5. The van der Waals surface area contributed by atoms with E-state index < -0.39 is 5.63 Å². The van der Waals surface area contributed by atoms with Crippen LogP contribution in [-0.2, 0) is 0 Å². The molecule has 1 heterocycles. The Balaban J connectivity index is 2.58. The Morgan fingerprint density at radius 1 is 1.05 bits per heavy atom. The first-order chi connectivity index (χ1) is 9.63. The zero-order valence-electron chi connectivity index (χ0n) is 11.0. The Hall–Kier alpha value is -2.69. The van der Waals surface area contributed by atoms with Gasteiger partial charge < -0.3 is 19.0 Å². The minimum Gasteiger partial charge on any atom is -0.508 e. The molecule has 20 heavy (non-hydrogen) atoms. The van der Waals surface area contributed by atoms with Crippen molar-refractivity contribution in [1.29, 1.82) is 0 Å². The molecule has 0 amide bonds. The zero-order chi connectivity index (χ0) is 14.3. The Bertz CT molecular complexity index is 863. The lowest BCUT2D eigenvalue weighted by molar-refractivity contribution is 0.411. The van der Waals surface area contributed by atoms with Gasteiger partial charge >= 0.3 is 5.63 Å². The summed E-state index contributed by atoms with van der Waals surface area (Å²) in [5, 5.41) is 11.4. The largest absolute Gasteiger partial charge is 0.508 e. The van der Waals surface area contributed by atoms with Crippen LogP contribution in [0.2, 0.25) is 0 Å². The Kier molecular flexibility index (Phi) is 2.75. The quantitative estimate of drug-likeness (QED) is 0.573. The van der Waals surface area contributed by atoms with Gasteiger partial charge in [0, 0.05) is 17.5 Å².